The Hall–Kier alpha value is -2.28. The van der Waals surface area contributed by atoms with Crippen molar-refractivity contribution in [2.75, 3.05) is 18.6 Å². The van der Waals surface area contributed by atoms with E-state index in [1.165, 1.54) is 31.0 Å². The van der Waals surface area contributed by atoms with Crippen molar-refractivity contribution in [2.24, 2.45) is 22.7 Å². The maximum atomic E-state index is 17.6. The van der Waals surface area contributed by atoms with Gasteiger partial charge >= 0.3 is 6.09 Å². The SMILES string of the molecule is CNC(=O)C(CSCC(=O)[C@@]12OC(C)(C)O[C@@H]1C[C@H]1[C@@H]3CCC4=CC(=O)C=C[C@]4(C)[C@@]3(F)[C@@H](O)C[C@@]12C)NC(=O)OC(C)(C)C. The number of nitrogens with one attached hydrogen (secondary N) is 2. The molecule has 1 unspecified atom stereocenters. The second-order valence-corrected chi connectivity index (χ2v) is 16.1. The van der Waals surface area contributed by atoms with Gasteiger partial charge < -0.3 is 30.0 Å². The number of rotatable bonds is 7. The third-order valence-electron chi connectivity index (χ3n) is 10.8. The van der Waals surface area contributed by atoms with E-state index in [1.54, 1.807) is 47.6 Å². The number of Topliss-reactive ketones (excluding diaryl/α,β-unsaturated/α-hetero) is 1. The monoisotopic (exact) mass is 650 g/mol. The highest BCUT2D eigenvalue weighted by molar-refractivity contribution is 8.00. The minimum atomic E-state index is -2.04. The number of alkyl halides is 1. The van der Waals surface area contributed by atoms with Crippen molar-refractivity contribution < 1.29 is 42.9 Å². The number of allylic oxidation sites excluding steroid dienone is 4. The number of amides is 2. The molecule has 45 heavy (non-hydrogen) atoms. The van der Waals surface area contributed by atoms with Crippen LogP contribution >= 0.6 is 11.8 Å². The first-order valence-electron chi connectivity index (χ1n) is 15.8. The Morgan fingerprint density at radius 3 is 2.53 bits per heavy atom. The van der Waals surface area contributed by atoms with Crippen LogP contribution in [0.1, 0.15) is 74.1 Å². The Labute approximate surface area is 268 Å². The van der Waals surface area contributed by atoms with E-state index in [0.29, 0.717) is 24.8 Å². The van der Waals surface area contributed by atoms with Gasteiger partial charge in [-0.25, -0.2) is 9.18 Å². The number of hydrogen-bond acceptors (Lipinski definition) is 9. The first kappa shape index (κ1) is 34.1. The van der Waals surface area contributed by atoms with Crippen molar-refractivity contribution in [1.29, 1.82) is 0 Å². The third-order valence-corrected chi connectivity index (χ3v) is 11.9. The smallest absolute Gasteiger partial charge is 0.408 e. The second-order valence-electron chi connectivity index (χ2n) is 15.1. The van der Waals surface area contributed by atoms with Crippen LogP contribution in [-0.2, 0) is 28.6 Å². The molecular weight excluding hydrogens is 603 g/mol. The summed E-state index contributed by atoms with van der Waals surface area (Å²) in [6.45, 7) is 12.3. The zero-order chi connectivity index (χ0) is 33.4. The molecule has 1 aliphatic heterocycles. The lowest BCUT2D eigenvalue weighted by atomic mass is 9.44. The number of likely N-dealkylation sites (N-methyl/N-ethyl adjacent to an activating group) is 1. The first-order valence-corrected chi connectivity index (χ1v) is 16.9. The Bertz CT molecular complexity index is 1340. The van der Waals surface area contributed by atoms with E-state index in [2.05, 4.69) is 10.6 Å². The van der Waals surface area contributed by atoms with Gasteiger partial charge in [0.05, 0.1) is 18.0 Å². The number of carbonyl (C=O) groups is 4. The van der Waals surface area contributed by atoms with Gasteiger partial charge in [-0.1, -0.05) is 18.6 Å². The van der Waals surface area contributed by atoms with Gasteiger partial charge in [-0.05, 0) is 85.3 Å². The Kier molecular flexibility index (Phi) is 8.45. The van der Waals surface area contributed by atoms with Crippen LogP contribution in [-0.4, -0.2) is 88.1 Å². The number of carbonyl (C=O) groups excluding carboxylic acids is 4. The fourth-order valence-corrected chi connectivity index (χ4v) is 9.98. The molecule has 2 amide bonds. The molecule has 1 heterocycles. The summed E-state index contributed by atoms with van der Waals surface area (Å²) in [4.78, 5) is 51.6. The van der Waals surface area contributed by atoms with Crippen molar-refractivity contribution in [3.05, 3.63) is 23.8 Å². The van der Waals surface area contributed by atoms with Crippen molar-refractivity contribution in [3.8, 4) is 0 Å². The molecule has 9 atom stereocenters. The van der Waals surface area contributed by atoms with E-state index in [0.717, 1.165) is 0 Å². The summed E-state index contributed by atoms with van der Waals surface area (Å²) in [6.07, 6.45) is 2.98. The van der Waals surface area contributed by atoms with Crippen molar-refractivity contribution in [2.45, 2.75) is 115 Å². The van der Waals surface area contributed by atoms with E-state index in [1.807, 2.05) is 6.92 Å². The molecule has 3 saturated carbocycles. The zero-order valence-electron chi connectivity index (χ0n) is 27.5. The molecule has 1 saturated heterocycles. The number of aliphatic hydroxyl groups excluding tert-OH is 1. The van der Waals surface area contributed by atoms with Crippen molar-refractivity contribution >= 4 is 35.3 Å². The lowest BCUT2D eigenvalue weighted by Gasteiger charge is -2.62. The maximum absolute atomic E-state index is 17.6. The number of ketones is 2. The van der Waals surface area contributed by atoms with Crippen molar-refractivity contribution in [1.82, 2.24) is 10.6 Å². The predicted octanol–water partition coefficient (Wildman–Crippen LogP) is 3.80. The number of halogens is 1. The van der Waals surface area contributed by atoms with Crippen LogP contribution in [0.25, 0.3) is 0 Å². The molecule has 4 fully saturated rings. The van der Waals surface area contributed by atoms with Gasteiger partial charge in [0.25, 0.3) is 0 Å². The number of hydrogen-bond donors (Lipinski definition) is 3. The molecule has 0 aromatic heterocycles. The van der Waals surface area contributed by atoms with Gasteiger partial charge in [0.15, 0.2) is 28.6 Å². The van der Waals surface area contributed by atoms with E-state index >= 15 is 4.39 Å². The van der Waals surface area contributed by atoms with Crippen LogP contribution in [0.3, 0.4) is 0 Å². The predicted molar refractivity (Wildman–Crippen MR) is 166 cm³/mol. The maximum Gasteiger partial charge on any atom is 0.408 e. The molecular formula is C33H47FN2O8S. The number of alkyl carbamates (subject to hydrolysis) is 1. The van der Waals surface area contributed by atoms with Gasteiger partial charge in [-0.3, -0.25) is 14.4 Å². The van der Waals surface area contributed by atoms with Gasteiger partial charge in [-0.15, -0.1) is 0 Å². The van der Waals surface area contributed by atoms with Crippen LogP contribution in [0.15, 0.2) is 23.8 Å². The van der Waals surface area contributed by atoms with Crippen LogP contribution < -0.4 is 10.6 Å². The molecule has 12 heteroatoms. The minimum absolute atomic E-state index is 0.0251. The second kappa shape index (κ2) is 11.2. The molecule has 0 spiro atoms. The van der Waals surface area contributed by atoms with Gasteiger partial charge in [0, 0.05) is 29.5 Å². The summed E-state index contributed by atoms with van der Waals surface area (Å²) in [6, 6.07) is -0.954. The lowest BCUT2D eigenvalue weighted by Crippen LogP contribution is -2.69. The molecule has 10 nitrogen and oxygen atoms in total. The number of ether oxygens (including phenoxy) is 3. The fourth-order valence-electron chi connectivity index (χ4n) is 8.99. The quantitative estimate of drug-likeness (QED) is 0.375. The summed E-state index contributed by atoms with van der Waals surface area (Å²) in [5.41, 5.74) is -5.66. The molecule has 0 bridgehead atoms. The van der Waals surface area contributed by atoms with E-state index in [-0.39, 0.29) is 35.4 Å². The molecule has 4 aliphatic carbocycles. The average molecular weight is 651 g/mol. The highest BCUT2D eigenvalue weighted by Gasteiger charge is 2.79. The highest BCUT2D eigenvalue weighted by atomic mass is 32.2. The summed E-state index contributed by atoms with van der Waals surface area (Å²) >= 11 is 1.18. The molecule has 3 N–H and O–H groups in total. The van der Waals surface area contributed by atoms with Crippen molar-refractivity contribution in [3.63, 3.8) is 0 Å². The van der Waals surface area contributed by atoms with Crippen LogP contribution in [0, 0.1) is 22.7 Å². The number of aliphatic hydroxyl groups is 1. The standard InChI is InChI=1S/C33H47FN2O8S/c1-28(2,3)43-27(41)36-22(26(40)35-8)16-45-17-24(39)33-25(42-29(4,5)44-33)14-21-20-10-9-18-13-19(37)11-12-30(18,6)32(20,34)23(38)15-31(21,33)7/h11-13,20-23,25,38H,9-10,14-17H2,1-8H3,(H,35,40)(H,36,41)/t20-,21-,22?,23-,25+,30-,31-,32-,33+/m0/s1. The average Bonchev–Trinajstić information content (AvgIpc) is 3.33. The Balaban J connectivity index is 1.40. The molecule has 5 rings (SSSR count). The summed E-state index contributed by atoms with van der Waals surface area (Å²) in [7, 11) is 1.46. The Morgan fingerprint density at radius 1 is 1.20 bits per heavy atom. The molecule has 5 aliphatic rings. The number of fused-ring (bicyclic) bond motifs is 7. The Morgan fingerprint density at radius 2 is 1.89 bits per heavy atom. The minimum Gasteiger partial charge on any atom is -0.444 e. The van der Waals surface area contributed by atoms with E-state index in [4.69, 9.17) is 14.2 Å². The summed E-state index contributed by atoms with van der Waals surface area (Å²) in [5, 5.41) is 16.9. The summed E-state index contributed by atoms with van der Waals surface area (Å²) in [5.74, 6) is -2.85. The molecule has 250 valence electrons. The topological polar surface area (TPSA) is 140 Å². The summed E-state index contributed by atoms with van der Waals surface area (Å²) < 4.78 is 35.9. The first-order chi connectivity index (χ1) is 20.7. The fraction of sp³-hybridized carbons (Fsp3) is 0.758. The normalized spacial score (nSPS) is 40.3. The van der Waals surface area contributed by atoms with Crippen LogP contribution in [0.4, 0.5) is 9.18 Å². The third kappa shape index (κ3) is 5.27. The van der Waals surface area contributed by atoms with Crippen LogP contribution in [0.5, 0.6) is 0 Å². The highest BCUT2D eigenvalue weighted by Crippen LogP contribution is 2.72. The van der Waals surface area contributed by atoms with E-state index in [9.17, 15) is 24.3 Å². The van der Waals surface area contributed by atoms with Gasteiger partial charge in [0.2, 0.25) is 5.91 Å². The van der Waals surface area contributed by atoms with Gasteiger partial charge in [-0.2, -0.15) is 11.8 Å². The largest absolute Gasteiger partial charge is 0.444 e. The van der Waals surface area contributed by atoms with Gasteiger partial charge in [0.1, 0.15) is 11.6 Å². The van der Waals surface area contributed by atoms with Crippen LogP contribution in [0.2, 0.25) is 0 Å². The molecule has 0 aromatic carbocycles. The van der Waals surface area contributed by atoms with E-state index < -0.39 is 69.7 Å². The lowest BCUT2D eigenvalue weighted by molar-refractivity contribution is -0.245. The number of thioether (sulfide) groups is 1. The zero-order valence-corrected chi connectivity index (χ0v) is 28.3. The molecule has 0 radical (unpaired) electrons. The molecule has 0 aromatic rings.